The minimum absolute atomic E-state index is 0.0402. The van der Waals surface area contributed by atoms with Gasteiger partial charge >= 0.3 is 0 Å². The highest BCUT2D eigenvalue weighted by molar-refractivity contribution is 6.02. The third-order valence-corrected chi connectivity index (χ3v) is 4.71. The first-order valence-corrected chi connectivity index (χ1v) is 7.26. The van der Waals surface area contributed by atoms with Crippen molar-refractivity contribution in [2.45, 2.75) is 64.0 Å². The summed E-state index contributed by atoms with van der Waals surface area (Å²) in [4.78, 5) is 27.2. The van der Waals surface area contributed by atoms with Gasteiger partial charge in [-0.2, -0.15) is 0 Å². The van der Waals surface area contributed by atoms with E-state index in [0.29, 0.717) is 13.0 Å². The number of nitrogens with zero attached hydrogens (tertiary/aromatic N) is 1. The minimum atomic E-state index is -0.744. The van der Waals surface area contributed by atoms with Gasteiger partial charge in [-0.25, -0.2) is 0 Å². The van der Waals surface area contributed by atoms with E-state index >= 15 is 0 Å². The number of rotatable bonds is 3. The Kier molecular flexibility index (Phi) is 3.70. The number of piperazine rings is 1. The molecule has 1 atom stereocenters. The average Bonchev–Trinajstić information content (AvgIpc) is 2.88. The molecule has 2 aliphatic rings. The lowest BCUT2D eigenvalue weighted by molar-refractivity contribution is -0.161. The molecule has 0 aromatic rings. The SMILES string of the molecule is C/C=C/CN1C(=O)C(C)(CC)NC(=O)C12CCCC2. The predicted molar refractivity (Wildman–Crippen MR) is 74.6 cm³/mol. The van der Waals surface area contributed by atoms with Gasteiger partial charge in [-0.15, -0.1) is 0 Å². The number of amides is 2. The van der Waals surface area contributed by atoms with E-state index in [1.807, 2.05) is 37.8 Å². The van der Waals surface area contributed by atoms with Crippen LogP contribution in [0.4, 0.5) is 0 Å². The molecule has 19 heavy (non-hydrogen) atoms. The van der Waals surface area contributed by atoms with Crippen LogP contribution in [0.1, 0.15) is 52.9 Å². The second-order valence-electron chi connectivity index (χ2n) is 5.86. The van der Waals surface area contributed by atoms with Gasteiger partial charge in [-0.3, -0.25) is 9.59 Å². The van der Waals surface area contributed by atoms with Crippen molar-refractivity contribution in [3.8, 4) is 0 Å². The van der Waals surface area contributed by atoms with Gasteiger partial charge in [0.25, 0.3) is 0 Å². The number of carbonyl (C=O) groups excluding carboxylic acids is 2. The van der Waals surface area contributed by atoms with E-state index in [0.717, 1.165) is 25.7 Å². The second kappa shape index (κ2) is 4.99. The minimum Gasteiger partial charge on any atom is -0.340 e. The maximum atomic E-state index is 12.8. The van der Waals surface area contributed by atoms with Gasteiger partial charge in [0, 0.05) is 6.54 Å². The largest absolute Gasteiger partial charge is 0.340 e. The zero-order valence-electron chi connectivity index (χ0n) is 12.2. The van der Waals surface area contributed by atoms with Gasteiger partial charge in [0.1, 0.15) is 11.1 Å². The van der Waals surface area contributed by atoms with Crippen LogP contribution in [0.2, 0.25) is 0 Å². The Morgan fingerprint density at radius 2 is 1.95 bits per heavy atom. The number of hydrogen-bond donors (Lipinski definition) is 1. The van der Waals surface area contributed by atoms with E-state index in [-0.39, 0.29) is 11.8 Å². The molecular weight excluding hydrogens is 240 g/mol. The molecule has 0 aromatic carbocycles. The summed E-state index contributed by atoms with van der Waals surface area (Å²) < 4.78 is 0. The first-order valence-electron chi connectivity index (χ1n) is 7.26. The molecular formula is C15H24N2O2. The van der Waals surface area contributed by atoms with Gasteiger partial charge in [0.05, 0.1) is 0 Å². The molecule has 1 saturated heterocycles. The summed E-state index contributed by atoms with van der Waals surface area (Å²) >= 11 is 0. The van der Waals surface area contributed by atoms with Crippen molar-refractivity contribution >= 4 is 11.8 Å². The lowest BCUT2D eigenvalue weighted by Crippen LogP contribution is -2.74. The van der Waals surface area contributed by atoms with Crippen LogP contribution in [0.5, 0.6) is 0 Å². The van der Waals surface area contributed by atoms with E-state index in [4.69, 9.17) is 0 Å². The van der Waals surface area contributed by atoms with Crippen molar-refractivity contribution in [2.75, 3.05) is 6.54 Å². The molecule has 2 rings (SSSR count). The molecule has 2 amide bonds. The Labute approximate surface area is 115 Å². The first kappa shape index (κ1) is 14.1. The lowest BCUT2D eigenvalue weighted by Gasteiger charge is -2.50. The molecule has 1 unspecified atom stereocenters. The standard InChI is InChI=1S/C15H24N2O2/c1-4-6-11-17-13(19)14(3,5-2)16-12(18)15(17)9-7-8-10-15/h4,6H,5,7-11H2,1-3H3,(H,16,18)/b6-4+. The Morgan fingerprint density at radius 1 is 1.32 bits per heavy atom. The summed E-state index contributed by atoms with van der Waals surface area (Å²) in [5.74, 6) is 0.105. The highest BCUT2D eigenvalue weighted by Crippen LogP contribution is 2.40. The molecule has 0 radical (unpaired) electrons. The van der Waals surface area contributed by atoms with E-state index in [1.165, 1.54) is 0 Å². The Bertz CT molecular complexity index is 410. The van der Waals surface area contributed by atoms with E-state index in [9.17, 15) is 9.59 Å². The topological polar surface area (TPSA) is 49.4 Å². The monoisotopic (exact) mass is 264 g/mol. The average molecular weight is 264 g/mol. The van der Waals surface area contributed by atoms with E-state index < -0.39 is 11.1 Å². The smallest absolute Gasteiger partial charge is 0.249 e. The molecule has 106 valence electrons. The summed E-state index contributed by atoms with van der Waals surface area (Å²) in [5, 5.41) is 2.98. The van der Waals surface area contributed by atoms with Crippen molar-refractivity contribution in [1.29, 1.82) is 0 Å². The first-order chi connectivity index (χ1) is 9.00. The second-order valence-corrected chi connectivity index (χ2v) is 5.86. The van der Waals surface area contributed by atoms with Gasteiger partial charge in [-0.1, -0.05) is 31.9 Å². The molecule has 0 aromatic heterocycles. The number of hydrogen-bond acceptors (Lipinski definition) is 2. The normalized spacial score (nSPS) is 30.4. The maximum absolute atomic E-state index is 12.8. The molecule has 1 N–H and O–H groups in total. The van der Waals surface area contributed by atoms with Gasteiger partial charge in [0.15, 0.2) is 0 Å². The zero-order chi connectivity index (χ0) is 14.1. The fraction of sp³-hybridized carbons (Fsp3) is 0.733. The van der Waals surface area contributed by atoms with E-state index in [2.05, 4.69) is 5.32 Å². The Hall–Kier alpha value is -1.32. The summed E-state index contributed by atoms with van der Waals surface area (Å²) in [7, 11) is 0. The summed E-state index contributed by atoms with van der Waals surface area (Å²) in [5.41, 5.74) is -1.34. The summed E-state index contributed by atoms with van der Waals surface area (Å²) in [6.45, 7) is 6.25. The summed E-state index contributed by atoms with van der Waals surface area (Å²) in [6, 6.07) is 0. The number of allylic oxidation sites excluding steroid dienone is 1. The Morgan fingerprint density at radius 3 is 2.47 bits per heavy atom. The third kappa shape index (κ3) is 2.07. The van der Waals surface area contributed by atoms with Crippen LogP contribution in [-0.2, 0) is 9.59 Å². The molecule has 0 bridgehead atoms. The van der Waals surface area contributed by atoms with Crippen molar-refractivity contribution in [3.05, 3.63) is 12.2 Å². The zero-order valence-corrected chi connectivity index (χ0v) is 12.2. The molecule has 1 heterocycles. The Balaban J connectivity index is 2.38. The highest BCUT2D eigenvalue weighted by atomic mass is 16.2. The molecule has 1 spiro atoms. The molecule has 1 saturated carbocycles. The molecule has 4 nitrogen and oxygen atoms in total. The number of carbonyl (C=O) groups is 2. The van der Waals surface area contributed by atoms with Gasteiger partial charge in [-0.05, 0) is 33.1 Å². The molecule has 1 aliphatic carbocycles. The van der Waals surface area contributed by atoms with Crippen molar-refractivity contribution in [2.24, 2.45) is 0 Å². The summed E-state index contributed by atoms with van der Waals surface area (Å²) in [6.07, 6.45) is 8.16. The number of nitrogens with one attached hydrogen (secondary N) is 1. The molecule has 2 fully saturated rings. The van der Waals surface area contributed by atoms with Crippen LogP contribution < -0.4 is 5.32 Å². The van der Waals surface area contributed by atoms with Crippen LogP contribution in [0, 0.1) is 0 Å². The van der Waals surface area contributed by atoms with Crippen LogP contribution in [-0.4, -0.2) is 34.3 Å². The molecule has 1 aliphatic heterocycles. The van der Waals surface area contributed by atoms with Crippen LogP contribution in [0.25, 0.3) is 0 Å². The van der Waals surface area contributed by atoms with Gasteiger partial charge in [0.2, 0.25) is 11.8 Å². The van der Waals surface area contributed by atoms with E-state index in [1.54, 1.807) is 0 Å². The highest BCUT2D eigenvalue weighted by Gasteiger charge is 2.56. The quantitative estimate of drug-likeness (QED) is 0.793. The van der Waals surface area contributed by atoms with Crippen molar-refractivity contribution < 1.29 is 9.59 Å². The predicted octanol–water partition coefficient (Wildman–Crippen LogP) is 2.00. The van der Waals surface area contributed by atoms with Gasteiger partial charge < -0.3 is 10.2 Å². The van der Waals surface area contributed by atoms with Crippen LogP contribution in [0.15, 0.2) is 12.2 Å². The maximum Gasteiger partial charge on any atom is 0.249 e. The fourth-order valence-electron chi connectivity index (χ4n) is 3.20. The van der Waals surface area contributed by atoms with Crippen molar-refractivity contribution in [1.82, 2.24) is 10.2 Å². The fourth-order valence-corrected chi connectivity index (χ4v) is 3.20. The third-order valence-electron chi connectivity index (χ3n) is 4.71. The molecule has 4 heteroatoms. The van der Waals surface area contributed by atoms with Crippen molar-refractivity contribution in [3.63, 3.8) is 0 Å². The van der Waals surface area contributed by atoms with Crippen LogP contribution in [0.3, 0.4) is 0 Å². The lowest BCUT2D eigenvalue weighted by atomic mass is 9.83. The van der Waals surface area contributed by atoms with Crippen LogP contribution >= 0.6 is 0 Å².